The van der Waals surface area contributed by atoms with E-state index in [-0.39, 0.29) is 31.6 Å². The van der Waals surface area contributed by atoms with E-state index in [4.69, 9.17) is 9.47 Å². The summed E-state index contributed by atoms with van der Waals surface area (Å²) in [7, 11) is 0. The molecule has 3 rings (SSSR count). The summed E-state index contributed by atoms with van der Waals surface area (Å²) in [4.78, 5) is 51.4. The number of likely N-dealkylation sites (tertiary alicyclic amines) is 1. The molecule has 2 atom stereocenters. The molecule has 0 spiro atoms. The van der Waals surface area contributed by atoms with Crippen molar-refractivity contribution in [2.75, 3.05) is 6.61 Å². The van der Waals surface area contributed by atoms with Crippen LogP contribution in [0.25, 0.3) is 0 Å². The second kappa shape index (κ2) is 10.2. The quantitative estimate of drug-likeness (QED) is 0.325. The van der Waals surface area contributed by atoms with Crippen LogP contribution in [0.1, 0.15) is 45.2 Å². The molecule has 0 unspecified atom stereocenters. The maximum absolute atomic E-state index is 14.0. The number of amides is 2. The number of nitro groups is 1. The van der Waals surface area contributed by atoms with E-state index >= 15 is 0 Å². The number of hydrogen-bond donors (Lipinski definition) is 0. The van der Waals surface area contributed by atoms with Crippen molar-refractivity contribution < 1.29 is 28.8 Å². The number of non-ortho nitro benzene ring substituents is 1. The second-order valence-electron chi connectivity index (χ2n) is 9.67. The fourth-order valence-corrected chi connectivity index (χ4v) is 4.37. The monoisotopic (exact) mass is 482 g/mol. The highest BCUT2D eigenvalue weighted by Gasteiger charge is 2.57. The molecule has 2 aromatic carbocycles. The Morgan fingerprint density at radius 1 is 1.06 bits per heavy atom. The van der Waals surface area contributed by atoms with Crippen molar-refractivity contribution in [3.63, 3.8) is 0 Å². The zero-order chi connectivity index (χ0) is 25.8. The molecule has 0 bridgehead atoms. The molecule has 1 heterocycles. The van der Waals surface area contributed by atoms with Crippen LogP contribution in [0.2, 0.25) is 0 Å². The van der Waals surface area contributed by atoms with Gasteiger partial charge in [0.25, 0.3) is 5.69 Å². The van der Waals surface area contributed by atoms with Crippen LogP contribution in [0, 0.1) is 15.5 Å². The molecule has 0 radical (unpaired) electrons. The van der Waals surface area contributed by atoms with Crippen LogP contribution in [-0.4, -0.2) is 46.0 Å². The van der Waals surface area contributed by atoms with Gasteiger partial charge in [-0.3, -0.25) is 14.9 Å². The third kappa shape index (κ3) is 6.03. The van der Waals surface area contributed by atoms with Crippen molar-refractivity contribution in [1.29, 1.82) is 0 Å². The maximum Gasteiger partial charge on any atom is 0.417 e. The van der Waals surface area contributed by atoms with Crippen LogP contribution in [0.3, 0.4) is 0 Å². The highest BCUT2D eigenvalue weighted by Crippen LogP contribution is 2.43. The van der Waals surface area contributed by atoms with Crippen LogP contribution in [0.5, 0.6) is 0 Å². The molecule has 9 nitrogen and oxygen atoms in total. The van der Waals surface area contributed by atoms with Gasteiger partial charge in [-0.15, -0.1) is 0 Å². The number of esters is 1. The Hall–Kier alpha value is -3.75. The molecule has 0 aromatic heterocycles. The summed E-state index contributed by atoms with van der Waals surface area (Å²) >= 11 is 0. The predicted molar refractivity (Wildman–Crippen MR) is 127 cm³/mol. The second-order valence-corrected chi connectivity index (χ2v) is 9.67. The minimum atomic E-state index is -1.16. The minimum Gasteiger partial charge on any atom is -0.464 e. The molecule has 2 amide bonds. The van der Waals surface area contributed by atoms with Crippen molar-refractivity contribution >= 4 is 23.7 Å². The molecular weight excluding hydrogens is 452 g/mol. The zero-order valence-electron chi connectivity index (χ0n) is 20.4. The SMILES string of the molecule is CCOC(=O)[C@@H]1C[C@](Cc2ccccc2)(Cc2ccc([N+](=O)[O-])cc2)C(=O)N1C(=O)OC(C)(C)C. The average molecular weight is 483 g/mol. The number of nitro benzene ring substituents is 1. The number of imide groups is 1. The van der Waals surface area contributed by atoms with E-state index < -0.39 is 40.0 Å². The van der Waals surface area contributed by atoms with Crippen LogP contribution in [-0.2, 0) is 31.9 Å². The number of rotatable bonds is 7. The number of nitrogens with zero attached hydrogens (tertiary/aromatic N) is 2. The first-order valence-electron chi connectivity index (χ1n) is 11.5. The van der Waals surface area contributed by atoms with Gasteiger partial charge in [-0.2, -0.15) is 0 Å². The van der Waals surface area contributed by atoms with Crippen molar-refractivity contribution in [2.24, 2.45) is 5.41 Å². The normalized spacial score (nSPS) is 19.9. The van der Waals surface area contributed by atoms with E-state index in [1.165, 1.54) is 12.1 Å². The van der Waals surface area contributed by atoms with Crippen molar-refractivity contribution in [3.8, 4) is 0 Å². The molecule has 1 fully saturated rings. The number of carbonyl (C=O) groups is 3. The maximum atomic E-state index is 14.0. The number of ether oxygens (including phenoxy) is 2. The third-order valence-corrected chi connectivity index (χ3v) is 5.79. The molecule has 9 heteroatoms. The largest absolute Gasteiger partial charge is 0.464 e. The van der Waals surface area contributed by atoms with Crippen molar-refractivity contribution in [3.05, 3.63) is 75.8 Å². The lowest BCUT2D eigenvalue weighted by molar-refractivity contribution is -0.384. The fourth-order valence-electron chi connectivity index (χ4n) is 4.37. The van der Waals surface area contributed by atoms with Gasteiger partial charge in [0.1, 0.15) is 11.6 Å². The number of carbonyl (C=O) groups excluding carboxylic acids is 3. The standard InChI is InChI=1S/C26H30N2O7/c1-5-34-22(29)21-17-26(15-18-9-7-6-8-10-18,16-19-11-13-20(14-12-19)28(32)33)23(30)27(21)24(31)35-25(2,3)4/h6-14,21H,5,15-17H2,1-4H3/t21-,26-/m0/s1. The summed E-state index contributed by atoms with van der Waals surface area (Å²) in [6, 6.07) is 14.1. The van der Waals surface area contributed by atoms with Gasteiger partial charge < -0.3 is 9.47 Å². The summed E-state index contributed by atoms with van der Waals surface area (Å²) in [5.74, 6) is -1.21. The molecule has 1 aliphatic heterocycles. The van der Waals surface area contributed by atoms with E-state index in [0.717, 1.165) is 10.5 Å². The third-order valence-electron chi connectivity index (χ3n) is 5.79. The highest BCUT2D eigenvalue weighted by molar-refractivity contribution is 6.03. The molecule has 1 saturated heterocycles. The first kappa shape index (κ1) is 25.9. The van der Waals surface area contributed by atoms with E-state index in [1.807, 2.05) is 30.3 Å². The molecule has 2 aromatic rings. The van der Waals surface area contributed by atoms with E-state index in [9.17, 15) is 24.5 Å². The Labute approximate surface area is 204 Å². The van der Waals surface area contributed by atoms with Gasteiger partial charge in [0.2, 0.25) is 5.91 Å². The van der Waals surface area contributed by atoms with Gasteiger partial charge in [0.15, 0.2) is 0 Å². The molecule has 1 aliphatic rings. The van der Waals surface area contributed by atoms with E-state index in [2.05, 4.69) is 0 Å². The molecule has 0 saturated carbocycles. The van der Waals surface area contributed by atoms with Crippen LogP contribution in [0.15, 0.2) is 54.6 Å². The average Bonchev–Trinajstić information content (AvgIpc) is 3.06. The predicted octanol–water partition coefficient (Wildman–Crippen LogP) is 4.47. The first-order chi connectivity index (χ1) is 16.5. The Balaban J connectivity index is 2.06. The lowest BCUT2D eigenvalue weighted by Crippen LogP contribution is -2.47. The number of hydrogen-bond acceptors (Lipinski definition) is 7. The van der Waals surface area contributed by atoms with Gasteiger partial charge >= 0.3 is 12.1 Å². The minimum absolute atomic E-state index is 0.0375. The zero-order valence-corrected chi connectivity index (χ0v) is 20.4. The Morgan fingerprint density at radius 2 is 1.63 bits per heavy atom. The van der Waals surface area contributed by atoms with Gasteiger partial charge in [-0.25, -0.2) is 14.5 Å². The molecule has 0 aliphatic carbocycles. The highest BCUT2D eigenvalue weighted by atomic mass is 16.6. The molecular formula is C26H30N2O7. The van der Waals surface area contributed by atoms with E-state index in [1.54, 1.807) is 39.8 Å². The summed E-state index contributed by atoms with van der Waals surface area (Å²) in [5, 5.41) is 11.1. The summed E-state index contributed by atoms with van der Waals surface area (Å²) in [6.07, 6.45) is -0.429. The Morgan fingerprint density at radius 3 is 2.14 bits per heavy atom. The summed E-state index contributed by atoms with van der Waals surface area (Å²) in [6.45, 7) is 6.79. The molecule has 35 heavy (non-hydrogen) atoms. The van der Waals surface area contributed by atoms with Crippen molar-refractivity contribution in [2.45, 2.75) is 58.6 Å². The lowest BCUT2D eigenvalue weighted by Gasteiger charge is -2.29. The number of benzene rings is 2. The van der Waals surface area contributed by atoms with E-state index in [0.29, 0.717) is 5.56 Å². The molecule has 186 valence electrons. The van der Waals surface area contributed by atoms with Crippen LogP contribution >= 0.6 is 0 Å². The van der Waals surface area contributed by atoms with Crippen LogP contribution < -0.4 is 0 Å². The smallest absolute Gasteiger partial charge is 0.417 e. The topological polar surface area (TPSA) is 116 Å². The summed E-state index contributed by atoms with van der Waals surface area (Å²) in [5.41, 5.74) is -0.570. The Kier molecular flexibility index (Phi) is 7.57. The van der Waals surface area contributed by atoms with Gasteiger partial charge in [-0.05, 0) is 58.1 Å². The van der Waals surface area contributed by atoms with Gasteiger partial charge in [0, 0.05) is 12.1 Å². The van der Waals surface area contributed by atoms with Crippen molar-refractivity contribution in [1.82, 2.24) is 4.90 Å². The first-order valence-corrected chi connectivity index (χ1v) is 11.5. The lowest BCUT2D eigenvalue weighted by atomic mass is 9.74. The molecule has 0 N–H and O–H groups in total. The van der Waals surface area contributed by atoms with Gasteiger partial charge in [-0.1, -0.05) is 42.5 Å². The summed E-state index contributed by atoms with van der Waals surface area (Å²) < 4.78 is 10.7. The fraction of sp³-hybridized carbons (Fsp3) is 0.423. The van der Waals surface area contributed by atoms with Gasteiger partial charge in [0.05, 0.1) is 16.9 Å². The van der Waals surface area contributed by atoms with Crippen LogP contribution in [0.4, 0.5) is 10.5 Å². The Bertz CT molecular complexity index is 1090.